The van der Waals surface area contributed by atoms with Gasteiger partial charge in [0.25, 0.3) is 0 Å². The van der Waals surface area contributed by atoms with Crippen molar-refractivity contribution in [3.05, 3.63) is 35.5 Å². The van der Waals surface area contributed by atoms with Crippen molar-refractivity contribution in [2.45, 2.75) is 26.2 Å². The lowest BCUT2D eigenvalue weighted by molar-refractivity contribution is 0.923. The normalized spacial score (nSPS) is 10.4. The molecule has 2 rings (SSSR count). The van der Waals surface area contributed by atoms with Crippen LogP contribution in [-0.4, -0.2) is 4.98 Å². The predicted molar refractivity (Wildman–Crippen MR) is 63.7 cm³/mol. The molecule has 0 unspecified atom stereocenters. The van der Waals surface area contributed by atoms with Crippen LogP contribution in [0.25, 0.3) is 10.9 Å². The van der Waals surface area contributed by atoms with Crippen LogP contribution in [0.4, 0.5) is 0 Å². The highest BCUT2D eigenvalue weighted by molar-refractivity contribution is 5.84. The largest absolute Gasteiger partial charge is 0.361 e. The second kappa shape index (κ2) is 4.18. The number of nitrogens with one attached hydrogen (secondary N) is 1. The van der Waals surface area contributed by atoms with E-state index in [4.69, 9.17) is 5.26 Å². The molecule has 0 amide bonds. The van der Waals surface area contributed by atoms with E-state index in [0.29, 0.717) is 6.42 Å². The smallest absolute Gasteiger partial charge is 0.0670 e. The molecule has 0 saturated carbocycles. The number of hydrogen-bond donors (Lipinski definition) is 1. The summed E-state index contributed by atoms with van der Waals surface area (Å²) in [7, 11) is 0. The molecule has 1 aromatic carbocycles. The summed E-state index contributed by atoms with van der Waals surface area (Å²) in [5, 5.41) is 9.85. The number of fused-ring (bicyclic) bond motifs is 1. The minimum Gasteiger partial charge on any atom is -0.361 e. The number of aromatic amines is 1. The van der Waals surface area contributed by atoms with Crippen LogP contribution in [0.15, 0.2) is 24.4 Å². The van der Waals surface area contributed by atoms with E-state index in [-0.39, 0.29) is 1.43 Å². The van der Waals surface area contributed by atoms with E-state index in [0.717, 1.165) is 23.9 Å². The zero-order valence-corrected chi connectivity index (χ0v) is 8.88. The lowest BCUT2D eigenvalue weighted by atomic mass is 10.1. The first kappa shape index (κ1) is 9.79. The van der Waals surface area contributed by atoms with Gasteiger partial charge in [-0.1, -0.05) is 25.5 Å². The van der Waals surface area contributed by atoms with Gasteiger partial charge in [-0.05, 0) is 23.6 Å². The molecule has 0 radical (unpaired) electrons. The zero-order valence-electron chi connectivity index (χ0n) is 8.88. The Hall–Kier alpha value is -1.75. The summed E-state index contributed by atoms with van der Waals surface area (Å²) in [6.07, 6.45) is 4.69. The summed E-state index contributed by atoms with van der Waals surface area (Å²) >= 11 is 0. The number of H-pyrrole nitrogens is 1. The van der Waals surface area contributed by atoms with Crippen molar-refractivity contribution in [1.29, 1.82) is 5.26 Å². The van der Waals surface area contributed by atoms with Crippen molar-refractivity contribution in [2.24, 2.45) is 0 Å². The highest BCUT2D eigenvalue weighted by Crippen LogP contribution is 2.20. The van der Waals surface area contributed by atoms with E-state index in [1.807, 2.05) is 6.20 Å². The molecule has 78 valence electrons. The third-order valence-electron chi connectivity index (χ3n) is 2.64. The van der Waals surface area contributed by atoms with E-state index in [1.165, 1.54) is 10.9 Å². The van der Waals surface area contributed by atoms with Crippen molar-refractivity contribution < 1.29 is 1.43 Å². The molecule has 0 spiro atoms. The molecule has 2 heteroatoms. The standard InChI is InChI=1S/C13H14N2.H2/c1-2-3-10-4-5-12-11(6-7-14)9-15-13(12)8-10;/h4-5,8-9,15H,2-3,6H2,1H3;1H. The van der Waals surface area contributed by atoms with E-state index in [1.54, 1.807) is 0 Å². The summed E-state index contributed by atoms with van der Waals surface area (Å²) in [5.74, 6) is 0. The second-order valence-corrected chi connectivity index (χ2v) is 3.78. The third kappa shape index (κ3) is 1.87. The monoisotopic (exact) mass is 200 g/mol. The first-order chi connectivity index (χ1) is 7.35. The number of aryl methyl sites for hydroxylation is 1. The highest BCUT2D eigenvalue weighted by Gasteiger charge is 2.03. The predicted octanol–water partition coefficient (Wildman–Crippen LogP) is 3.43. The van der Waals surface area contributed by atoms with Gasteiger partial charge in [-0.3, -0.25) is 0 Å². The van der Waals surface area contributed by atoms with Gasteiger partial charge < -0.3 is 4.98 Å². The van der Waals surface area contributed by atoms with Crippen molar-refractivity contribution in [3.8, 4) is 6.07 Å². The topological polar surface area (TPSA) is 39.6 Å². The van der Waals surface area contributed by atoms with Gasteiger partial charge in [0.15, 0.2) is 0 Å². The molecular weight excluding hydrogens is 184 g/mol. The Kier molecular flexibility index (Phi) is 2.73. The molecule has 0 aliphatic heterocycles. The Labute approximate surface area is 91.0 Å². The average Bonchev–Trinajstić information content (AvgIpc) is 2.62. The Morgan fingerprint density at radius 1 is 1.47 bits per heavy atom. The number of hydrogen-bond acceptors (Lipinski definition) is 1. The lowest BCUT2D eigenvalue weighted by Gasteiger charge is -1.99. The van der Waals surface area contributed by atoms with Crippen LogP contribution in [0.5, 0.6) is 0 Å². The molecule has 0 saturated heterocycles. The summed E-state index contributed by atoms with van der Waals surface area (Å²) in [4.78, 5) is 3.22. The van der Waals surface area contributed by atoms with Gasteiger partial charge in [0, 0.05) is 18.5 Å². The maximum atomic E-state index is 8.67. The van der Waals surface area contributed by atoms with Crippen LogP contribution < -0.4 is 0 Å². The van der Waals surface area contributed by atoms with Crippen LogP contribution >= 0.6 is 0 Å². The van der Waals surface area contributed by atoms with Crippen molar-refractivity contribution >= 4 is 10.9 Å². The van der Waals surface area contributed by atoms with Crippen molar-refractivity contribution in [3.63, 3.8) is 0 Å². The fourth-order valence-electron chi connectivity index (χ4n) is 1.91. The SMILES string of the molecule is CCCc1ccc2c(CC#N)c[nH]c2c1.[HH]. The van der Waals surface area contributed by atoms with Crippen LogP contribution in [0.2, 0.25) is 0 Å². The maximum absolute atomic E-state index is 8.67. The minimum absolute atomic E-state index is 0. The number of rotatable bonds is 3. The van der Waals surface area contributed by atoms with Gasteiger partial charge in [-0.2, -0.15) is 5.26 Å². The molecule has 0 aliphatic carbocycles. The van der Waals surface area contributed by atoms with Crippen LogP contribution in [-0.2, 0) is 12.8 Å². The highest BCUT2D eigenvalue weighted by atomic mass is 14.7. The van der Waals surface area contributed by atoms with E-state index in [9.17, 15) is 0 Å². The number of nitrogens with zero attached hydrogens (tertiary/aromatic N) is 1. The Balaban J connectivity index is 0.00000128. The van der Waals surface area contributed by atoms with E-state index >= 15 is 0 Å². The molecule has 0 fully saturated rings. The second-order valence-electron chi connectivity index (χ2n) is 3.78. The summed E-state index contributed by atoms with van der Waals surface area (Å²) in [5.41, 5.74) is 3.59. The molecule has 1 aromatic heterocycles. The van der Waals surface area contributed by atoms with Crippen molar-refractivity contribution in [2.75, 3.05) is 0 Å². The molecule has 2 nitrogen and oxygen atoms in total. The Bertz CT molecular complexity index is 508. The fourth-order valence-corrected chi connectivity index (χ4v) is 1.91. The number of benzene rings is 1. The minimum atomic E-state index is 0. The molecule has 2 aromatic rings. The van der Waals surface area contributed by atoms with Gasteiger partial charge in [0.05, 0.1) is 12.5 Å². The van der Waals surface area contributed by atoms with Crippen LogP contribution in [0.1, 0.15) is 25.9 Å². The van der Waals surface area contributed by atoms with Gasteiger partial charge >= 0.3 is 0 Å². The first-order valence-corrected chi connectivity index (χ1v) is 5.31. The first-order valence-electron chi connectivity index (χ1n) is 5.31. The van der Waals surface area contributed by atoms with E-state index in [2.05, 4.69) is 36.2 Å². The lowest BCUT2D eigenvalue weighted by Crippen LogP contribution is -1.83. The average molecular weight is 200 g/mol. The van der Waals surface area contributed by atoms with E-state index < -0.39 is 0 Å². The molecule has 1 heterocycles. The molecule has 0 bridgehead atoms. The Morgan fingerprint density at radius 3 is 3.07 bits per heavy atom. The summed E-state index contributed by atoms with van der Waals surface area (Å²) in [6, 6.07) is 8.63. The van der Waals surface area contributed by atoms with Crippen molar-refractivity contribution in [1.82, 2.24) is 4.98 Å². The third-order valence-corrected chi connectivity index (χ3v) is 2.64. The van der Waals surface area contributed by atoms with Crippen LogP contribution in [0, 0.1) is 11.3 Å². The summed E-state index contributed by atoms with van der Waals surface area (Å²) < 4.78 is 0. The molecule has 0 aliphatic rings. The van der Waals surface area contributed by atoms with Crippen LogP contribution in [0.3, 0.4) is 0 Å². The molecule has 15 heavy (non-hydrogen) atoms. The Morgan fingerprint density at radius 2 is 2.33 bits per heavy atom. The molecule has 0 atom stereocenters. The number of nitriles is 1. The van der Waals surface area contributed by atoms with Gasteiger partial charge in [-0.25, -0.2) is 0 Å². The zero-order chi connectivity index (χ0) is 10.7. The maximum Gasteiger partial charge on any atom is 0.0670 e. The summed E-state index contributed by atoms with van der Waals surface area (Å²) in [6.45, 7) is 2.18. The molecular formula is C13H16N2. The fraction of sp³-hybridized carbons (Fsp3) is 0.308. The number of aromatic nitrogens is 1. The van der Waals surface area contributed by atoms with Gasteiger partial charge in [-0.15, -0.1) is 0 Å². The van der Waals surface area contributed by atoms with Gasteiger partial charge in [0.2, 0.25) is 0 Å². The quantitative estimate of drug-likeness (QED) is 0.810. The van der Waals surface area contributed by atoms with Gasteiger partial charge in [0.1, 0.15) is 0 Å². The molecule has 1 N–H and O–H groups in total.